The smallest absolute Gasteiger partial charge is 0.121 e. The van der Waals surface area contributed by atoms with Crippen LogP contribution in [0, 0.1) is 0 Å². The van der Waals surface area contributed by atoms with Gasteiger partial charge in [-0.2, -0.15) is 0 Å². The van der Waals surface area contributed by atoms with Crippen LogP contribution in [0.5, 0.6) is 0 Å². The average molecular weight is 222 g/mol. The van der Waals surface area contributed by atoms with Crippen LogP contribution >= 0.6 is 0 Å². The zero-order valence-electron chi connectivity index (χ0n) is 10.3. The normalized spacial score (nSPS) is 19.8. The highest BCUT2D eigenvalue weighted by Gasteiger charge is 2.21. The van der Waals surface area contributed by atoms with Gasteiger partial charge in [-0.3, -0.25) is 0 Å². The Kier molecular flexibility index (Phi) is 4.02. The first-order valence-electron chi connectivity index (χ1n) is 6.26. The van der Waals surface area contributed by atoms with E-state index >= 15 is 0 Å². The Morgan fingerprint density at radius 2 is 2.38 bits per heavy atom. The molecule has 0 saturated carbocycles. The first-order valence-corrected chi connectivity index (χ1v) is 6.26. The first-order chi connectivity index (χ1) is 7.85. The van der Waals surface area contributed by atoms with Crippen molar-refractivity contribution in [3.05, 3.63) is 23.5 Å². The summed E-state index contributed by atoms with van der Waals surface area (Å²) in [5, 5.41) is 3.63. The van der Waals surface area contributed by atoms with Crippen molar-refractivity contribution < 1.29 is 4.74 Å². The second-order valence-electron chi connectivity index (χ2n) is 4.57. The van der Waals surface area contributed by atoms with Crippen LogP contribution in [0.1, 0.15) is 43.4 Å². The maximum Gasteiger partial charge on any atom is 0.121 e. The predicted molar refractivity (Wildman–Crippen MR) is 65.4 cm³/mol. The van der Waals surface area contributed by atoms with Crippen LogP contribution in [0.2, 0.25) is 0 Å². The second-order valence-corrected chi connectivity index (χ2v) is 4.57. The Labute approximate surface area is 97.8 Å². The summed E-state index contributed by atoms with van der Waals surface area (Å²) in [4.78, 5) is 0. The maximum absolute atomic E-state index is 5.16. The van der Waals surface area contributed by atoms with Gasteiger partial charge in [0.1, 0.15) is 6.73 Å². The van der Waals surface area contributed by atoms with Crippen molar-refractivity contribution in [2.75, 3.05) is 13.7 Å². The van der Waals surface area contributed by atoms with Crippen LogP contribution in [0.4, 0.5) is 0 Å². The fourth-order valence-electron chi connectivity index (χ4n) is 2.50. The van der Waals surface area contributed by atoms with Crippen molar-refractivity contribution >= 4 is 0 Å². The number of methoxy groups -OCH3 is 1. The van der Waals surface area contributed by atoms with Crippen molar-refractivity contribution in [3.63, 3.8) is 0 Å². The summed E-state index contributed by atoms with van der Waals surface area (Å²) >= 11 is 0. The number of aromatic nitrogens is 1. The third kappa shape index (κ3) is 2.47. The Bertz CT molecular complexity index is 333. The molecule has 0 bridgehead atoms. The van der Waals surface area contributed by atoms with Crippen molar-refractivity contribution in [2.45, 2.75) is 45.4 Å². The summed E-state index contributed by atoms with van der Waals surface area (Å²) in [6, 6.07) is 0.557. The Balaban J connectivity index is 2.10. The summed E-state index contributed by atoms with van der Waals surface area (Å²) in [7, 11) is 1.74. The monoisotopic (exact) mass is 222 g/mol. The summed E-state index contributed by atoms with van der Waals surface area (Å²) in [5.41, 5.74) is 2.98. The highest BCUT2D eigenvalue weighted by molar-refractivity contribution is 5.30. The average Bonchev–Trinajstić information content (AvgIpc) is 2.69. The zero-order chi connectivity index (χ0) is 11.4. The number of ether oxygens (including phenoxy) is 1. The molecule has 16 heavy (non-hydrogen) atoms. The molecule has 3 heteroatoms. The van der Waals surface area contributed by atoms with E-state index in [2.05, 4.69) is 29.2 Å². The number of nitrogens with one attached hydrogen (secondary N) is 1. The molecule has 0 saturated heterocycles. The third-order valence-electron chi connectivity index (χ3n) is 3.23. The molecule has 1 aliphatic rings. The molecule has 3 nitrogen and oxygen atoms in total. The number of rotatable bonds is 5. The van der Waals surface area contributed by atoms with E-state index in [0.29, 0.717) is 12.8 Å². The van der Waals surface area contributed by atoms with Crippen molar-refractivity contribution in [1.82, 2.24) is 9.88 Å². The van der Waals surface area contributed by atoms with E-state index in [1.165, 1.54) is 36.8 Å². The molecule has 0 amide bonds. The molecule has 0 aliphatic heterocycles. The Hall–Kier alpha value is -0.800. The minimum absolute atomic E-state index is 0.557. The van der Waals surface area contributed by atoms with Crippen molar-refractivity contribution in [2.24, 2.45) is 0 Å². The molecule has 1 unspecified atom stereocenters. The lowest BCUT2D eigenvalue weighted by atomic mass is 9.91. The summed E-state index contributed by atoms with van der Waals surface area (Å²) in [5.74, 6) is 0. The molecular formula is C13H22N2O. The van der Waals surface area contributed by atoms with E-state index in [9.17, 15) is 0 Å². The van der Waals surface area contributed by atoms with Crippen molar-refractivity contribution in [3.8, 4) is 0 Å². The number of aryl methyl sites for hydroxylation is 1. The Morgan fingerprint density at radius 3 is 3.12 bits per heavy atom. The largest absolute Gasteiger partial charge is 0.364 e. The number of hydrogen-bond acceptors (Lipinski definition) is 2. The number of hydrogen-bond donors (Lipinski definition) is 1. The quantitative estimate of drug-likeness (QED) is 0.828. The highest BCUT2D eigenvalue weighted by atomic mass is 16.5. The van der Waals surface area contributed by atoms with Gasteiger partial charge in [-0.1, -0.05) is 6.92 Å². The van der Waals surface area contributed by atoms with Gasteiger partial charge in [0.05, 0.1) is 0 Å². The molecule has 1 atom stereocenters. The lowest BCUT2D eigenvalue weighted by molar-refractivity contribution is 0.131. The molecule has 0 spiro atoms. The zero-order valence-corrected chi connectivity index (χ0v) is 10.3. The van der Waals surface area contributed by atoms with Gasteiger partial charge in [0, 0.05) is 25.5 Å². The topological polar surface area (TPSA) is 26.2 Å². The lowest BCUT2D eigenvalue weighted by Gasteiger charge is -2.23. The van der Waals surface area contributed by atoms with Gasteiger partial charge >= 0.3 is 0 Å². The molecule has 0 fully saturated rings. The fraction of sp³-hybridized carbons (Fsp3) is 0.692. The van der Waals surface area contributed by atoms with E-state index in [1.807, 2.05) is 0 Å². The van der Waals surface area contributed by atoms with E-state index in [1.54, 1.807) is 7.11 Å². The van der Waals surface area contributed by atoms with Gasteiger partial charge in [0.25, 0.3) is 0 Å². The van der Waals surface area contributed by atoms with Crippen LogP contribution < -0.4 is 5.32 Å². The van der Waals surface area contributed by atoms with Gasteiger partial charge in [0.2, 0.25) is 0 Å². The minimum atomic E-state index is 0.557. The van der Waals surface area contributed by atoms with E-state index in [0.717, 1.165) is 6.54 Å². The summed E-state index contributed by atoms with van der Waals surface area (Å²) in [6.07, 6.45) is 9.46. The van der Waals surface area contributed by atoms with Crippen LogP contribution in [-0.2, 0) is 17.9 Å². The third-order valence-corrected chi connectivity index (χ3v) is 3.23. The Morgan fingerprint density at radius 1 is 1.50 bits per heavy atom. The van der Waals surface area contributed by atoms with Crippen LogP contribution in [0.3, 0.4) is 0 Å². The van der Waals surface area contributed by atoms with Gasteiger partial charge in [-0.15, -0.1) is 0 Å². The van der Waals surface area contributed by atoms with Crippen LogP contribution in [-0.4, -0.2) is 18.2 Å². The lowest BCUT2D eigenvalue weighted by Crippen LogP contribution is -2.24. The molecule has 1 heterocycles. The van der Waals surface area contributed by atoms with Gasteiger partial charge in [0.15, 0.2) is 0 Å². The molecule has 1 aromatic rings. The van der Waals surface area contributed by atoms with E-state index in [-0.39, 0.29) is 0 Å². The van der Waals surface area contributed by atoms with Gasteiger partial charge in [-0.05, 0) is 43.4 Å². The fourth-order valence-corrected chi connectivity index (χ4v) is 2.50. The second kappa shape index (κ2) is 5.51. The standard InChI is InChI=1S/C13H22N2O/c1-3-7-14-13-6-4-5-11-8-15(10-16-2)9-12(11)13/h8-9,13-14H,3-7,10H2,1-2H3. The van der Waals surface area contributed by atoms with E-state index < -0.39 is 0 Å². The summed E-state index contributed by atoms with van der Waals surface area (Å²) in [6.45, 7) is 3.99. The SMILES string of the molecule is CCCNC1CCCc2cn(COC)cc21. The number of nitrogens with zero attached hydrogens (tertiary/aromatic N) is 1. The van der Waals surface area contributed by atoms with Crippen LogP contribution in [0.15, 0.2) is 12.4 Å². The minimum Gasteiger partial charge on any atom is -0.364 e. The molecule has 0 aromatic carbocycles. The molecule has 2 rings (SSSR count). The van der Waals surface area contributed by atoms with Gasteiger partial charge in [-0.25, -0.2) is 0 Å². The molecule has 1 aliphatic carbocycles. The van der Waals surface area contributed by atoms with Crippen molar-refractivity contribution in [1.29, 1.82) is 0 Å². The van der Waals surface area contributed by atoms with Gasteiger partial charge < -0.3 is 14.6 Å². The highest BCUT2D eigenvalue weighted by Crippen LogP contribution is 2.30. The molecule has 1 aromatic heterocycles. The maximum atomic E-state index is 5.16. The molecule has 0 radical (unpaired) electrons. The predicted octanol–water partition coefficient (Wildman–Crippen LogP) is 2.47. The molecular weight excluding hydrogens is 200 g/mol. The van der Waals surface area contributed by atoms with Crippen LogP contribution in [0.25, 0.3) is 0 Å². The summed E-state index contributed by atoms with van der Waals surface area (Å²) < 4.78 is 7.31. The first kappa shape index (κ1) is 11.7. The van der Waals surface area contributed by atoms with E-state index in [4.69, 9.17) is 4.74 Å². The number of fused-ring (bicyclic) bond motifs is 1. The molecule has 1 N–H and O–H groups in total. The molecule has 90 valence electrons.